The molecular formula is C19H21F2N3O2. The lowest BCUT2D eigenvalue weighted by Gasteiger charge is -2.38. The van der Waals surface area contributed by atoms with Gasteiger partial charge in [-0.25, -0.2) is 8.78 Å². The van der Waals surface area contributed by atoms with Crippen LogP contribution in [0.5, 0.6) is 5.75 Å². The Morgan fingerprint density at radius 3 is 2.85 bits per heavy atom. The van der Waals surface area contributed by atoms with Gasteiger partial charge in [0.15, 0.2) is 0 Å². The summed E-state index contributed by atoms with van der Waals surface area (Å²) in [6.45, 7) is 1.17. The van der Waals surface area contributed by atoms with Gasteiger partial charge in [0.1, 0.15) is 35.7 Å². The van der Waals surface area contributed by atoms with Crippen LogP contribution in [-0.2, 0) is 13.2 Å². The van der Waals surface area contributed by atoms with Gasteiger partial charge in [0.05, 0.1) is 12.6 Å². The Balaban J connectivity index is 1.46. The topological polar surface area (TPSA) is 47.4 Å². The van der Waals surface area contributed by atoms with Gasteiger partial charge in [0, 0.05) is 12.6 Å². The van der Waals surface area contributed by atoms with E-state index in [-0.39, 0.29) is 24.4 Å². The normalized spacial score (nSPS) is 23.0. The predicted molar refractivity (Wildman–Crippen MR) is 91.1 cm³/mol. The number of hydrogen-bond acceptors (Lipinski definition) is 3. The second-order valence-electron chi connectivity index (χ2n) is 6.86. The van der Waals surface area contributed by atoms with Crippen molar-refractivity contribution in [3.8, 4) is 5.75 Å². The zero-order chi connectivity index (χ0) is 18.1. The molecule has 5 nitrogen and oxygen atoms in total. The molecule has 0 radical (unpaired) electrons. The molecular weight excluding hydrogens is 340 g/mol. The molecule has 1 aliphatic carbocycles. The van der Waals surface area contributed by atoms with Gasteiger partial charge in [-0.3, -0.25) is 9.48 Å². The molecule has 1 aromatic heterocycles. The third kappa shape index (κ3) is 3.30. The second kappa shape index (κ2) is 7.05. The fourth-order valence-corrected chi connectivity index (χ4v) is 3.78. The summed E-state index contributed by atoms with van der Waals surface area (Å²) in [4.78, 5) is 14.5. The zero-order valence-corrected chi connectivity index (χ0v) is 14.4. The molecule has 0 N–H and O–H groups in total. The van der Waals surface area contributed by atoms with Crippen molar-refractivity contribution in [3.05, 3.63) is 47.5 Å². The van der Waals surface area contributed by atoms with Gasteiger partial charge >= 0.3 is 0 Å². The number of carbonyl (C=O) groups excluding carboxylic acids is 1. The summed E-state index contributed by atoms with van der Waals surface area (Å²) in [5, 5.41) is 4.39. The van der Waals surface area contributed by atoms with E-state index in [9.17, 15) is 13.6 Å². The Morgan fingerprint density at radius 1 is 1.19 bits per heavy atom. The fourth-order valence-electron chi connectivity index (χ4n) is 3.78. The Hall–Kier alpha value is -2.44. The van der Waals surface area contributed by atoms with E-state index in [0.717, 1.165) is 19.3 Å². The minimum atomic E-state index is -0.946. The largest absolute Gasteiger partial charge is 0.487 e. The maximum atomic E-state index is 14.3. The van der Waals surface area contributed by atoms with Crippen molar-refractivity contribution in [1.29, 1.82) is 0 Å². The number of ether oxygens (including phenoxy) is 1. The first kappa shape index (κ1) is 17.0. The van der Waals surface area contributed by atoms with Crippen LogP contribution < -0.4 is 4.74 Å². The van der Waals surface area contributed by atoms with E-state index in [1.807, 2.05) is 0 Å². The summed E-state index contributed by atoms with van der Waals surface area (Å²) in [7, 11) is 0. The van der Waals surface area contributed by atoms with Crippen LogP contribution >= 0.6 is 0 Å². The van der Waals surface area contributed by atoms with Crippen molar-refractivity contribution in [2.75, 3.05) is 6.54 Å². The van der Waals surface area contributed by atoms with Crippen molar-refractivity contribution in [2.45, 2.75) is 51.0 Å². The summed E-state index contributed by atoms with van der Waals surface area (Å²) in [5.74, 6) is -0.132. The van der Waals surface area contributed by atoms with Gasteiger partial charge in [-0.15, -0.1) is 0 Å². The monoisotopic (exact) mass is 361 g/mol. The Kier molecular flexibility index (Phi) is 4.61. The van der Waals surface area contributed by atoms with Gasteiger partial charge in [-0.05, 0) is 31.0 Å². The minimum Gasteiger partial charge on any atom is -0.487 e. The van der Waals surface area contributed by atoms with E-state index in [1.54, 1.807) is 27.8 Å². The highest BCUT2D eigenvalue weighted by Crippen LogP contribution is 2.28. The SMILES string of the molecule is O=C1c2cc(COc3cccc(F)c3)nn2CCN1C1CCCC[C@H]1F. The Morgan fingerprint density at radius 2 is 2.04 bits per heavy atom. The summed E-state index contributed by atoms with van der Waals surface area (Å²) in [6, 6.07) is 7.24. The van der Waals surface area contributed by atoms with Crippen molar-refractivity contribution in [3.63, 3.8) is 0 Å². The lowest BCUT2D eigenvalue weighted by molar-refractivity contribution is 0.0385. The number of amides is 1. The predicted octanol–water partition coefficient (Wildman–Crippen LogP) is 3.34. The minimum absolute atomic E-state index is 0.145. The molecule has 1 unspecified atom stereocenters. The molecule has 1 aliphatic heterocycles. The molecule has 2 aromatic rings. The van der Waals surface area contributed by atoms with E-state index < -0.39 is 6.17 Å². The summed E-state index contributed by atoms with van der Waals surface area (Å²) >= 11 is 0. The molecule has 138 valence electrons. The average Bonchev–Trinajstić information content (AvgIpc) is 3.05. The number of alkyl halides is 1. The molecule has 2 heterocycles. The van der Waals surface area contributed by atoms with E-state index in [2.05, 4.69) is 5.10 Å². The molecule has 1 saturated carbocycles. The van der Waals surface area contributed by atoms with Crippen molar-refractivity contribution >= 4 is 5.91 Å². The number of halogens is 2. The van der Waals surface area contributed by atoms with E-state index >= 15 is 0 Å². The van der Waals surface area contributed by atoms with Crippen molar-refractivity contribution in [2.24, 2.45) is 0 Å². The smallest absolute Gasteiger partial charge is 0.272 e. The number of hydrogen-bond donors (Lipinski definition) is 0. The van der Waals surface area contributed by atoms with Crippen LogP contribution in [0.15, 0.2) is 30.3 Å². The van der Waals surface area contributed by atoms with Gasteiger partial charge in [0.2, 0.25) is 0 Å². The van der Waals surface area contributed by atoms with Crippen LogP contribution in [0.3, 0.4) is 0 Å². The molecule has 1 fully saturated rings. The lowest BCUT2D eigenvalue weighted by Crippen LogP contribution is -2.51. The highest BCUT2D eigenvalue weighted by molar-refractivity contribution is 5.93. The number of benzene rings is 1. The van der Waals surface area contributed by atoms with Crippen LogP contribution in [-0.4, -0.2) is 39.3 Å². The van der Waals surface area contributed by atoms with Crippen LogP contribution in [0.2, 0.25) is 0 Å². The molecule has 2 aliphatic rings. The molecule has 0 spiro atoms. The molecule has 4 rings (SSSR count). The van der Waals surface area contributed by atoms with E-state index in [0.29, 0.717) is 36.6 Å². The van der Waals surface area contributed by atoms with E-state index in [4.69, 9.17) is 4.74 Å². The highest BCUT2D eigenvalue weighted by Gasteiger charge is 2.36. The molecule has 2 atom stereocenters. The third-order valence-corrected chi connectivity index (χ3v) is 5.09. The number of fused-ring (bicyclic) bond motifs is 1. The van der Waals surface area contributed by atoms with Crippen molar-refractivity contribution < 1.29 is 18.3 Å². The molecule has 0 saturated heterocycles. The number of aromatic nitrogens is 2. The van der Waals surface area contributed by atoms with Crippen LogP contribution in [0.25, 0.3) is 0 Å². The van der Waals surface area contributed by atoms with Gasteiger partial charge < -0.3 is 9.64 Å². The van der Waals surface area contributed by atoms with Gasteiger partial charge in [-0.1, -0.05) is 18.9 Å². The first-order valence-electron chi connectivity index (χ1n) is 9.02. The lowest BCUT2D eigenvalue weighted by atomic mass is 9.92. The highest BCUT2D eigenvalue weighted by atomic mass is 19.1. The summed E-state index contributed by atoms with van der Waals surface area (Å²) in [5.41, 5.74) is 1.06. The number of carbonyl (C=O) groups is 1. The maximum absolute atomic E-state index is 14.3. The molecule has 1 aromatic carbocycles. The first-order valence-corrected chi connectivity index (χ1v) is 9.02. The quantitative estimate of drug-likeness (QED) is 0.839. The summed E-state index contributed by atoms with van der Waals surface area (Å²) in [6.07, 6.45) is 2.15. The Bertz CT molecular complexity index is 808. The Labute approximate surface area is 150 Å². The van der Waals surface area contributed by atoms with Gasteiger partial charge in [-0.2, -0.15) is 5.10 Å². The van der Waals surface area contributed by atoms with Crippen LogP contribution in [0, 0.1) is 5.82 Å². The van der Waals surface area contributed by atoms with Crippen molar-refractivity contribution in [1.82, 2.24) is 14.7 Å². The van der Waals surface area contributed by atoms with Crippen LogP contribution in [0.4, 0.5) is 8.78 Å². The number of nitrogens with zero attached hydrogens (tertiary/aromatic N) is 3. The molecule has 1 amide bonds. The summed E-state index contributed by atoms with van der Waals surface area (Å²) < 4.78 is 34.7. The zero-order valence-electron chi connectivity index (χ0n) is 14.4. The molecule has 26 heavy (non-hydrogen) atoms. The van der Waals surface area contributed by atoms with Crippen LogP contribution in [0.1, 0.15) is 41.9 Å². The second-order valence-corrected chi connectivity index (χ2v) is 6.86. The van der Waals surface area contributed by atoms with Gasteiger partial charge in [0.25, 0.3) is 5.91 Å². The maximum Gasteiger partial charge on any atom is 0.272 e. The first-order chi connectivity index (χ1) is 12.6. The molecule has 7 heteroatoms. The third-order valence-electron chi connectivity index (χ3n) is 5.09. The van der Waals surface area contributed by atoms with E-state index in [1.165, 1.54) is 12.1 Å². The average molecular weight is 361 g/mol. The fraction of sp³-hybridized carbons (Fsp3) is 0.474. The number of rotatable bonds is 4. The standard InChI is InChI=1S/C19H21F2N3O2/c20-13-4-3-5-15(10-13)26-12-14-11-18-19(25)23(8-9-24(18)22-14)17-7-2-1-6-16(17)21/h3-5,10-11,16-17H,1-2,6-9,12H2/t16-,17?/m1/s1. The molecule has 0 bridgehead atoms.